The van der Waals surface area contributed by atoms with Gasteiger partial charge in [0.1, 0.15) is 0 Å². The maximum atomic E-state index is 11.9. The molecule has 6 nitrogen and oxygen atoms in total. The van der Waals surface area contributed by atoms with Crippen molar-refractivity contribution in [2.75, 3.05) is 14.2 Å². The number of rotatable bonds is 4. The molecular weight excluding hydrogens is 260 g/mol. The van der Waals surface area contributed by atoms with Crippen LogP contribution in [0.1, 0.15) is 11.5 Å². The summed E-state index contributed by atoms with van der Waals surface area (Å²) in [5.74, 6) is -2.47. The predicted octanol–water partition coefficient (Wildman–Crippen LogP) is 1.30. The van der Waals surface area contributed by atoms with Crippen molar-refractivity contribution in [3.05, 3.63) is 48.3 Å². The van der Waals surface area contributed by atoms with E-state index in [0.717, 1.165) is 0 Å². The summed E-state index contributed by atoms with van der Waals surface area (Å²) >= 11 is 0. The van der Waals surface area contributed by atoms with Crippen molar-refractivity contribution in [2.45, 2.75) is 5.92 Å². The zero-order valence-electron chi connectivity index (χ0n) is 11.1. The highest BCUT2D eigenvalue weighted by molar-refractivity contribution is 6.01. The third-order valence-corrected chi connectivity index (χ3v) is 2.87. The van der Waals surface area contributed by atoms with E-state index in [2.05, 4.69) is 5.10 Å². The van der Waals surface area contributed by atoms with Crippen LogP contribution in [0, 0.1) is 0 Å². The normalized spacial score (nSPS) is 10.3. The number of hydrogen-bond acceptors (Lipinski definition) is 5. The first kappa shape index (κ1) is 13.8. The number of methoxy groups -OCH3 is 2. The molecule has 0 saturated heterocycles. The van der Waals surface area contributed by atoms with Gasteiger partial charge < -0.3 is 9.47 Å². The van der Waals surface area contributed by atoms with E-state index in [1.54, 1.807) is 47.4 Å². The summed E-state index contributed by atoms with van der Waals surface area (Å²) in [5.41, 5.74) is 1.10. The Morgan fingerprint density at radius 3 is 2.30 bits per heavy atom. The van der Waals surface area contributed by atoms with Crippen LogP contribution in [0.4, 0.5) is 0 Å². The average molecular weight is 274 g/mol. The van der Waals surface area contributed by atoms with E-state index in [0.29, 0.717) is 11.3 Å². The number of aromatic nitrogens is 2. The molecule has 0 bridgehead atoms. The summed E-state index contributed by atoms with van der Waals surface area (Å²) in [6.07, 6.45) is 3.34. The molecule has 0 atom stereocenters. The van der Waals surface area contributed by atoms with Gasteiger partial charge in [0.2, 0.25) is 0 Å². The Balaban J connectivity index is 2.54. The highest BCUT2D eigenvalue weighted by Crippen LogP contribution is 2.25. The van der Waals surface area contributed by atoms with E-state index in [4.69, 9.17) is 9.47 Å². The smallest absolute Gasteiger partial charge is 0.324 e. The SMILES string of the molecule is COC(=O)C(C(=O)OC)c1ccccc1-n1cccn1. The Morgan fingerprint density at radius 2 is 1.75 bits per heavy atom. The van der Waals surface area contributed by atoms with Crippen molar-refractivity contribution in [3.63, 3.8) is 0 Å². The second kappa shape index (κ2) is 6.01. The quantitative estimate of drug-likeness (QED) is 0.621. The van der Waals surface area contributed by atoms with Gasteiger partial charge in [-0.2, -0.15) is 5.10 Å². The molecule has 0 amide bonds. The number of hydrogen-bond donors (Lipinski definition) is 0. The van der Waals surface area contributed by atoms with E-state index in [-0.39, 0.29) is 0 Å². The van der Waals surface area contributed by atoms with Crippen LogP contribution in [0.25, 0.3) is 5.69 Å². The molecular formula is C14H14N2O4. The van der Waals surface area contributed by atoms with Gasteiger partial charge in [-0.25, -0.2) is 4.68 Å². The lowest BCUT2D eigenvalue weighted by atomic mass is 9.97. The van der Waals surface area contributed by atoms with Gasteiger partial charge in [0.05, 0.1) is 19.9 Å². The minimum Gasteiger partial charge on any atom is -0.468 e. The fourth-order valence-corrected chi connectivity index (χ4v) is 1.94. The van der Waals surface area contributed by atoms with E-state index in [9.17, 15) is 9.59 Å². The third-order valence-electron chi connectivity index (χ3n) is 2.87. The number of ether oxygens (including phenoxy) is 2. The van der Waals surface area contributed by atoms with Crippen molar-refractivity contribution in [2.24, 2.45) is 0 Å². The lowest BCUT2D eigenvalue weighted by Gasteiger charge is -2.16. The largest absolute Gasteiger partial charge is 0.468 e. The van der Waals surface area contributed by atoms with Gasteiger partial charge in [-0.05, 0) is 12.1 Å². The Hall–Kier alpha value is -2.63. The predicted molar refractivity (Wildman–Crippen MR) is 70.3 cm³/mol. The van der Waals surface area contributed by atoms with Crippen molar-refractivity contribution in [1.82, 2.24) is 9.78 Å². The maximum absolute atomic E-state index is 11.9. The van der Waals surface area contributed by atoms with Crippen LogP contribution in [-0.4, -0.2) is 35.9 Å². The van der Waals surface area contributed by atoms with Crippen LogP contribution in [0.3, 0.4) is 0 Å². The van der Waals surface area contributed by atoms with Crippen LogP contribution in [-0.2, 0) is 19.1 Å². The van der Waals surface area contributed by atoms with E-state index >= 15 is 0 Å². The highest BCUT2D eigenvalue weighted by Gasteiger charge is 2.32. The van der Waals surface area contributed by atoms with Crippen LogP contribution in [0.5, 0.6) is 0 Å². The molecule has 0 fully saturated rings. The Bertz CT molecular complexity index is 591. The van der Waals surface area contributed by atoms with Gasteiger partial charge in [-0.3, -0.25) is 9.59 Å². The molecule has 1 aromatic carbocycles. The van der Waals surface area contributed by atoms with Crippen molar-refractivity contribution >= 4 is 11.9 Å². The first-order valence-corrected chi connectivity index (χ1v) is 5.93. The first-order chi connectivity index (χ1) is 9.69. The zero-order chi connectivity index (χ0) is 14.5. The second-order valence-electron chi connectivity index (χ2n) is 3.99. The molecule has 0 aliphatic heterocycles. The molecule has 2 aromatic rings. The molecule has 1 heterocycles. The second-order valence-corrected chi connectivity index (χ2v) is 3.99. The highest BCUT2D eigenvalue weighted by atomic mass is 16.5. The van der Waals surface area contributed by atoms with Crippen LogP contribution < -0.4 is 0 Å². The molecule has 0 aliphatic carbocycles. The third kappa shape index (κ3) is 2.54. The standard InChI is InChI=1S/C14H14N2O4/c1-19-13(17)12(14(18)20-2)10-6-3-4-7-11(10)16-9-5-8-15-16/h3-9,12H,1-2H3. The molecule has 0 saturated carbocycles. The fourth-order valence-electron chi connectivity index (χ4n) is 1.94. The topological polar surface area (TPSA) is 70.4 Å². The molecule has 20 heavy (non-hydrogen) atoms. The van der Waals surface area contributed by atoms with Gasteiger partial charge in [-0.1, -0.05) is 18.2 Å². The molecule has 0 radical (unpaired) electrons. The summed E-state index contributed by atoms with van der Waals surface area (Å²) in [5, 5.41) is 4.11. The number of carbonyl (C=O) groups excluding carboxylic acids is 2. The number of para-hydroxylation sites is 1. The van der Waals surface area contributed by atoms with Crippen molar-refractivity contribution in [1.29, 1.82) is 0 Å². The van der Waals surface area contributed by atoms with Gasteiger partial charge in [-0.15, -0.1) is 0 Å². The number of esters is 2. The molecule has 0 N–H and O–H groups in total. The van der Waals surface area contributed by atoms with E-state index in [1.807, 2.05) is 0 Å². The van der Waals surface area contributed by atoms with Crippen molar-refractivity contribution in [3.8, 4) is 5.69 Å². The van der Waals surface area contributed by atoms with E-state index < -0.39 is 17.9 Å². The Labute approximate surface area is 115 Å². The van der Waals surface area contributed by atoms with Gasteiger partial charge >= 0.3 is 11.9 Å². The van der Waals surface area contributed by atoms with Crippen LogP contribution in [0.15, 0.2) is 42.7 Å². The number of carbonyl (C=O) groups is 2. The lowest BCUT2D eigenvalue weighted by molar-refractivity contribution is -0.154. The lowest BCUT2D eigenvalue weighted by Crippen LogP contribution is -2.25. The summed E-state index contributed by atoms with van der Waals surface area (Å²) in [6.45, 7) is 0. The summed E-state index contributed by atoms with van der Waals surface area (Å²) in [4.78, 5) is 23.8. The molecule has 0 spiro atoms. The molecule has 0 unspecified atom stereocenters. The Kier molecular flexibility index (Phi) is 4.14. The fraction of sp³-hybridized carbons (Fsp3) is 0.214. The number of benzene rings is 1. The van der Waals surface area contributed by atoms with Gasteiger partial charge in [0.25, 0.3) is 0 Å². The number of nitrogens with zero attached hydrogens (tertiary/aromatic N) is 2. The maximum Gasteiger partial charge on any atom is 0.324 e. The summed E-state index contributed by atoms with van der Waals surface area (Å²) < 4.78 is 11.0. The van der Waals surface area contributed by atoms with E-state index in [1.165, 1.54) is 14.2 Å². The van der Waals surface area contributed by atoms with Crippen LogP contribution >= 0.6 is 0 Å². The summed E-state index contributed by atoms with van der Waals surface area (Å²) in [7, 11) is 2.46. The van der Waals surface area contributed by atoms with Crippen molar-refractivity contribution < 1.29 is 19.1 Å². The van der Waals surface area contributed by atoms with Crippen LogP contribution in [0.2, 0.25) is 0 Å². The minimum absolute atomic E-state index is 0.481. The molecule has 2 rings (SSSR count). The monoisotopic (exact) mass is 274 g/mol. The minimum atomic E-state index is -1.13. The Morgan fingerprint density at radius 1 is 1.10 bits per heavy atom. The van der Waals surface area contributed by atoms with Gasteiger partial charge in [0, 0.05) is 18.0 Å². The van der Waals surface area contributed by atoms with Gasteiger partial charge in [0.15, 0.2) is 5.92 Å². The summed E-state index contributed by atoms with van der Waals surface area (Å²) in [6, 6.07) is 8.73. The first-order valence-electron chi connectivity index (χ1n) is 5.93. The molecule has 6 heteroatoms. The molecule has 0 aliphatic rings. The average Bonchev–Trinajstić information content (AvgIpc) is 3.01. The zero-order valence-corrected chi connectivity index (χ0v) is 11.1. The molecule has 1 aromatic heterocycles. The molecule has 104 valence electrons.